The fourth-order valence-corrected chi connectivity index (χ4v) is 3.20. The van der Waals surface area contributed by atoms with Crippen LogP contribution in [0, 0.1) is 5.92 Å². The van der Waals surface area contributed by atoms with Crippen LogP contribution in [-0.4, -0.2) is 12.5 Å². The molecule has 2 aromatic rings. The van der Waals surface area contributed by atoms with Gasteiger partial charge in [-0.15, -0.1) is 11.3 Å². The second kappa shape index (κ2) is 8.53. The summed E-state index contributed by atoms with van der Waals surface area (Å²) in [5, 5.41) is 5.12. The van der Waals surface area contributed by atoms with Crippen LogP contribution in [0.4, 0.5) is 0 Å². The molecule has 0 saturated carbocycles. The summed E-state index contributed by atoms with van der Waals surface area (Å²) in [7, 11) is 0. The highest BCUT2D eigenvalue weighted by Gasteiger charge is 2.17. The minimum absolute atomic E-state index is 0.0486. The second-order valence-corrected chi connectivity index (χ2v) is 6.56. The Bertz CT molecular complexity index is 630. The molecule has 1 aromatic heterocycles. The van der Waals surface area contributed by atoms with E-state index in [0.29, 0.717) is 12.5 Å². The number of hydrogen-bond acceptors (Lipinski definition) is 3. The summed E-state index contributed by atoms with van der Waals surface area (Å²) < 4.78 is 5.40. The zero-order valence-electron chi connectivity index (χ0n) is 13.8. The standard InChI is InChI=1S/C19H23NO2S/c1-4-22-16-10-7-15(8-11-16)9-12-18(21)20-19(14(2)3)17-6-5-13-23-17/h5-14,19H,4H2,1-3H3,(H,20,21)/b12-9+/t19-/m1/s1. The Morgan fingerprint density at radius 3 is 2.57 bits per heavy atom. The van der Waals surface area contributed by atoms with Gasteiger partial charge >= 0.3 is 0 Å². The van der Waals surface area contributed by atoms with Gasteiger partial charge in [-0.2, -0.15) is 0 Å². The van der Waals surface area contributed by atoms with E-state index in [0.717, 1.165) is 11.3 Å². The molecule has 1 atom stereocenters. The summed E-state index contributed by atoms with van der Waals surface area (Å²) in [5.41, 5.74) is 0.973. The number of hydrogen-bond donors (Lipinski definition) is 1. The first-order valence-electron chi connectivity index (χ1n) is 7.85. The maximum atomic E-state index is 12.2. The van der Waals surface area contributed by atoms with Crippen LogP contribution in [0.2, 0.25) is 0 Å². The summed E-state index contributed by atoms with van der Waals surface area (Å²) >= 11 is 1.67. The van der Waals surface area contributed by atoms with Crippen molar-refractivity contribution in [2.75, 3.05) is 6.61 Å². The van der Waals surface area contributed by atoms with Crippen molar-refractivity contribution in [3.05, 3.63) is 58.3 Å². The van der Waals surface area contributed by atoms with Crippen LogP contribution in [0.25, 0.3) is 6.08 Å². The van der Waals surface area contributed by atoms with E-state index in [9.17, 15) is 4.79 Å². The van der Waals surface area contributed by atoms with Gasteiger partial charge < -0.3 is 10.1 Å². The lowest BCUT2D eigenvalue weighted by Crippen LogP contribution is -2.29. The molecular weight excluding hydrogens is 306 g/mol. The third-order valence-corrected chi connectivity index (χ3v) is 4.39. The van der Waals surface area contributed by atoms with Crippen molar-refractivity contribution in [2.24, 2.45) is 5.92 Å². The van der Waals surface area contributed by atoms with Crippen molar-refractivity contribution in [1.82, 2.24) is 5.32 Å². The SMILES string of the molecule is CCOc1ccc(/C=C/C(=O)N[C@@H](c2cccs2)C(C)C)cc1. The molecule has 4 heteroatoms. The van der Waals surface area contributed by atoms with Gasteiger partial charge in [0.15, 0.2) is 0 Å². The highest BCUT2D eigenvalue weighted by molar-refractivity contribution is 7.10. The van der Waals surface area contributed by atoms with Crippen molar-refractivity contribution >= 4 is 23.3 Å². The molecular formula is C19H23NO2S. The van der Waals surface area contributed by atoms with Crippen molar-refractivity contribution in [3.63, 3.8) is 0 Å². The fourth-order valence-electron chi connectivity index (χ4n) is 2.25. The van der Waals surface area contributed by atoms with E-state index in [1.807, 2.05) is 48.7 Å². The monoisotopic (exact) mass is 329 g/mol. The maximum absolute atomic E-state index is 12.2. The van der Waals surface area contributed by atoms with E-state index in [-0.39, 0.29) is 11.9 Å². The van der Waals surface area contributed by atoms with Gasteiger partial charge in [0.25, 0.3) is 0 Å². The summed E-state index contributed by atoms with van der Waals surface area (Å²) in [6.07, 6.45) is 3.40. The Hall–Kier alpha value is -2.07. The molecule has 122 valence electrons. The predicted octanol–water partition coefficient (Wildman–Crippen LogP) is 4.67. The van der Waals surface area contributed by atoms with Gasteiger partial charge in [0.1, 0.15) is 5.75 Å². The van der Waals surface area contributed by atoms with Crippen LogP contribution in [0.5, 0.6) is 5.75 Å². The van der Waals surface area contributed by atoms with E-state index < -0.39 is 0 Å². The molecule has 1 N–H and O–H groups in total. The molecule has 0 aliphatic heterocycles. The van der Waals surface area contributed by atoms with Crippen LogP contribution in [0.1, 0.15) is 37.3 Å². The van der Waals surface area contributed by atoms with Crippen LogP contribution in [0.15, 0.2) is 47.9 Å². The molecule has 3 nitrogen and oxygen atoms in total. The van der Waals surface area contributed by atoms with E-state index in [1.54, 1.807) is 17.4 Å². The molecule has 0 aliphatic carbocycles. The topological polar surface area (TPSA) is 38.3 Å². The molecule has 0 aliphatic rings. The lowest BCUT2D eigenvalue weighted by Gasteiger charge is -2.20. The molecule has 1 aromatic carbocycles. The normalized spacial score (nSPS) is 12.5. The molecule has 0 bridgehead atoms. The Morgan fingerprint density at radius 1 is 1.26 bits per heavy atom. The molecule has 23 heavy (non-hydrogen) atoms. The van der Waals surface area contributed by atoms with Crippen molar-refractivity contribution < 1.29 is 9.53 Å². The molecule has 0 saturated heterocycles. The number of amides is 1. The minimum atomic E-state index is -0.0778. The number of rotatable bonds is 7. The van der Waals surface area contributed by atoms with E-state index in [1.165, 1.54) is 4.88 Å². The highest BCUT2D eigenvalue weighted by atomic mass is 32.1. The lowest BCUT2D eigenvalue weighted by molar-refractivity contribution is -0.117. The third kappa shape index (κ3) is 5.25. The Morgan fingerprint density at radius 2 is 2.00 bits per heavy atom. The molecule has 0 radical (unpaired) electrons. The Labute approximate surface area is 142 Å². The maximum Gasteiger partial charge on any atom is 0.244 e. The first-order valence-corrected chi connectivity index (χ1v) is 8.73. The van der Waals surface area contributed by atoms with Crippen LogP contribution < -0.4 is 10.1 Å². The number of carbonyl (C=O) groups is 1. The van der Waals surface area contributed by atoms with Crippen molar-refractivity contribution in [1.29, 1.82) is 0 Å². The first kappa shape index (κ1) is 17.3. The largest absolute Gasteiger partial charge is 0.494 e. The van der Waals surface area contributed by atoms with Gasteiger partial charge in [-0.3, -0.25) is 4.79 Å². The summed E-state index contributed by atoms with van der Waals surface area (Å²) in [4.78, 5) is 13.4. The number of thiophene rings is 1. The molecule has 0 spiro atoms. The van der Waals surface area contributed by atoms with Crippen molar-refractivity contribution in [2.45, 2.75) is 26.8 Å². The molecule has 0 unspecified atom stereocenters. The Balaban J connectivity index is 1.97. The fraction of sp³-hybridized carbons (Fsp3) is 0.316. The van der Waals surface area contributed by atoms with Crippen LogP contribution in [-0.2, 0) is 4.79 Å². The number of carbonyl (C=O) groups excluding carboxylic acids is 1. The molecule has 2 rings (SSSR count). The van der Waals surface area contributed by atoms with Gasteiger partial charge in [-0.1, -0.05) is 32.0 Å². The van der Waals surface area contributed by atoms with Gasteiger partial charge in [0.05, 0.1) is 12.6 Å². The molecule has 0 fully saturated rings. The van der Waals surface area contributed by atoms with E-state index in [2.05, 4.69) is 25.2 Å². The minimum Gasteiger partial charge on any atom is -0.494 e. The summed E-state index contributed by atoms with van der Waals surface area (Å²) in [6.45, 7) is 6.83. The predicted molar refractivity (Wildman–Crippen MR) is 96.7 cm³/mol. The molecule has 1 heterocycles. The average Bonchev–Trinajstić information content (AvgIpc) is 3.06. The smallest absolute Gasteiger partial charge is 0.244 e. The first-order chi connectivity index (χ1) is 11.1. The average molecular weight is 329 g/mol. The van der Waals surface area contributed by atoms with Gasteiger partial charge in [-0.25, -0.2) is 0 Å². The number of ether oxygens (including phenoxy) is 1. The van der Waals surface area contributed by atoms with Crippen LogP contribution in [0.3, 0.4) is 0 Å². The quantitative estimate of drug-likeness (QED) is 0.749. The second-order valence-electron chi connectivity index (χ2n) is 5.58. The zero-order chi connectivity index (χ0) is 16.7. The zero-order valence-corrected chi connectivity index (χ0v) is 14.6. The summed E-state index contributed by atoms with van der Waals surface area (Å²) in [6, 6.07) is 11.8. The lowest BCUT2D eigenvalue weighted by atomic mass is 10.0. The van der Waals surface area contributed by atoms with Gasteiger partial charge in [0.2, 0.25) is 5.91 Å². The van der Waals surface area contributed by atoms with Crippen molar-refractivity contribution in [3.8, 4) is 5.75 Å². The highest BCUT2D eigenvalue weighted by Crippen LogP contribution is 2.25. The third-order valence-electron chi connectivity index (χ3n) is 3.43. The van der Waals surface area contributed by atoms with Gasteiger partial charge in [-0.05, 0) is 48.1 Å². The molecule has 1 amide bonds. The van der Waals surface area contributed by atoms with Gasteiger partial charge in [0, 0.05) is 11.0 Å². The van der Waals surface area contributed by atoms with E-state index >= 15 is 0 Å². The Kier molecular flexibility index (Phi) is 6.41. The summed E-state index contributed by atoms with van der Waals surface area (Å²) in [5.74, 6) is 1.11. The number of nitrogens with one attached hydrogen (secondary N) is 1. The van der Waals surface area contributed by atoms with Crippen LogP contribution >= 0.6 is 11.3 Å². The van der Waals surface area contributed by atoms with E-state index in [4.69, 9.17) is 4.74 Å². The number of benzene rings is 1.